The highest BCUT2D eigenvalue weighted by Crippen LogP contribution is 2.35. The normalized spacial score (nSPS) is 15.2. The Labute approximate surface area is 198 Å². The summed E-state index contributed by atoms with van der Waals surface area (Å²) in [4.78, 5) is 27.5. The molecular weight excluding hydrogens is 443 g/mol. The molecule has 0 spiro atoms. The first-order chi connectivity index (χ1) is 15.5. The summed E-state index contributed by atoms with van der Waals surface area (Å²) in [5.41, 5.74) is 4.28. The van der Waals surface area contributed by atoms with Gasteiger partial charge in [-0.1, -0.05) is 83.9 Å². The number of carbonyl (C=O) groups is 2. The number of hydrogen-bond acceptors (Lipinski definition) is 2. The van der Waals surface area contributed by atoms with Gasteiger partial charge in [-0.3, -0.25) is 9.59 Å². The lowest BCUT2D eigenvalue weighted by atomic mass is 9.88. The standard InChI is InChI=1S/C26H24Cl2N2O2/c27-21-11-10-20(23(28)16-21)17-29-24(31)12-13-25(32)30-15-14-18-6-4-5-9-22(18)26(30)19-7-2-1-3-8-19/h1-11,16,26H,12-15,17H2,(H,29,31). The van der Waals surface area contributed by atoms with Gasteiger partial charge in [0.15, 0.2) is 0 Å². The summed E-state index contributed by atoms with van der Waals surface area (Å²) in [6.45, 7) is 0.935. The maximum absolute atomic E-state index is 13.2. The fourth-order valence-electron chi connectivity index (χ4n) is 4.14. The summed E-state index contributed by atoms with van der Waals surface area (Å²) in [6, 6.07) is 23.4. The Bertz CT molecular complexity index is 1120. The van der Waals surface area contributed by atoms with Gasteiger partial charge in [-0.15, -0.1) is 0 Å². The number of hydrogen-bond donors (Lipinski definition) is 1. The van der Waals surface area contributed by atoms with Gasteiger partial charge in [0, 0.05) is 36.0 Å². The van der Waals surface area contributed by atoms with E-state index in [1.54, 1.807) is 18.2 Å². The van der Waals surface area contributed by atoms with Crippen molar-refractivity contribution < 1.29 is 9.59 Å². The Balaban J connectivity index is 1.41. The largest absolute Gasteiger partial charge is 0.352 e. The highest BCUT2D eigenvalue weighted by atomic mass is 35.5. The van der Waals surface area contributed by atoms with Gasteiger partial charge >= 0.3 is 0 Å². The lowest BCUT2D eigenvalue weighted by Crippen LogP contribution is -2.41. The average Bonchev–Trinajstić information content (AvgIpc) is 2.81. The SMILES string of the molecule is O=C(CCC(=O)N1CCc2ccccc2C1c1ccccc1)NCc1ccc(Cl)cc1Cl. The van der Waals surface area contributed by atoms with E-state index in [9.17, 15) is 9.59 Å². The van der Waals surface area contributed by atoms with Crippen LogP contribution in [0.2, 0.25) is 10.0 Å². The summed E-state index contributed by atoms with van der Waals surface area (Å²) in [7, 11) is 0. The van der Waals surface area contributed by atoms with Crippen LogP contribution in [-0.2, 0) is 22.6 Å². The van der Waals surface area contributed by atoms with Crippen molar-refractivity contribution in [1.82, 2.24) is 10.2 Å². The molecule has 0 bridgehead atoms. The molecule has 1 aliphatic heterocycles. The molecule has 4 rings (SSSR count). The summed E-state index contributed by atoms with van der Waals surface area (Å²) in [6.07, 6.45) is 1.10. The van der Waals surface area contributed by atoms with Gasteiger partial charge in [0.05, 0.1) is 6.04 Å². The molecular formula is C26H24Cl2N2O2. The average molecular weight is 467 g/mol. The third-order valence-corrected chi connectivity index (χ3v) is 6.36. The summed E-state index contributed by atoms with van der Waals surface area (Å²) in [5.74, 6) is -0.203. The molecule has 3 aromatic carbocycles. The predicted octanol–water partition coefficient (Wildman–Crippen LogP) is 5.56. The van der Waals surface area contributed by atoms with Crippen molar-refractivity contribution in [3.8, 4) is 0 Å². The molecule has 1 aliphatic rings. The fourth-order valence-corrected chi connectivity index (χ4v) is 4.62. The van der Waals surface area contributed by atoms with Crippen molar-refractivity contribution in [1.29, 1.82) is 0 Å². The Morgan fingerprint density at radius 2 is 1.69 bits per heavy atom. The van der Waals surface area contributed by atoms with Crippen LogP contribution in [0.1, 0.15) is 41.1 Å². The van der Waals surface area contributed by atoms with Crippen LogP contribution in [0.15, 0.2) is 72.8 Å². The van der Waals surface area contributed by atoms with Gasteiger partial charge in [0.1, 0.15) is 0 Å². The lowest BCUT2D eigenvalue weighted by molar-refractivity contribution is -0.135. The van der Waals surface area contributed by atoms with Crippen molar-refractivity contribution >= 4 is 35.0 Å². The van der Waals surface area contributed by atoms with Crippen molar-refractivity contribution in [2.45, 2.75) is 31.8 Å². The van der Waals surface area contributed by atoms with Gasteiger partial charge in [-0.25, -0.2) is 0 Å². The van der Waals surface area contributed by atoms with Crippen LogP contribution in [0, 0.1) is 0 Å². The third-order valence-electron chi connectivity index (χ3n) is 5.78. The molecule has 2 amide bonds. The van der Waals surface area contributed by atoms with Crippen LogP contribution in [0.5, 0.6) is 0 Å². The van der Waals surface area contributed by atoms with E-state index in [0.717, 1.165) is 23.1 Å². The van der Waals surface area contributed by atoms with Crippen LogP contribution in [-0.4, -0.2) is 23.3 Å². The zero-order chi connectivity index (χ0) is 22.5. The smallest absolute Gasteiger partial charge is 0.223 e. The Morgan fingerprint density at radius 1 is 0.938 bits per heavy atom. The number of nitrogens with one attached hydrogen (secondary N) is 1. The Morgan fingerprint density at radius 3 is 2.47 bits per heavy atom. The zero-order valence-electron chi connectivity index (χ0n) is 17.6. The number of carbonyl (C=O) groups excluding carboxylic acids is 2. The maximum atomic E-state index is 13.2. The molecule has 3 aromatic rings. The van der Waals surface area contributed by atoms with E-state index in [-0.39, 0.29) is 30.7 Å². The molecule has 1 N–H and O–H groups in total. The zero-order valence-corrected chi connectivity index (χ0v) is 19.1. The molecule has 4 nitrogen and oxygen atoms in total. The van der Waals surface area contributed by atoms with Crippen molar-refractivity contribution in [2.24, 2.45) is 0 Å². The van der Waals surface area contributed by atoms with Gasteiger partial charge in [-0.05, 0) is 40.8 Å². The summed E-state index contributed by atoms with van der Waals surface area (Å²) < 4.78 is 0. The number of amides is 2. The van der Waals surface area contributed by atoms with Crippen molar-refractivity contribution in [3.05, 3.63) is 105 Å². The number of fused-ring (bicyclic) bond motifs is 1. The molecule has 32 heavy (non-hydrogen) atoms. The van der Waals surface area contributed by atoms with Crippen molar-refractivity contribution in [3.63, 3.8) is 0 Å². The molecule has 6 heteroatoms. The van der Waals surface area contributed by atoms with Crippen LogP contribution >= 0.6 is 23.2 Å². The Hall–Kier alpha value is -2.82. The minimum atomic E-state index is -0.182. The molecule has 164 valence electrons. The molecule has 1 unspecified atom stereocenters. The fraction of sp³-hybridized carbons (Fsp3) is 0.231. The predicted molar refractivity (Wildman–Crippen MR) is 128 cm³/mol. The van der Waals surface area contributed by atoms with E-state index in [2.05, 4.69) is 29.6 Å². The molecule has 0 fully saturated rings. The van der Waals surface area contributed by atoms with E-state index in [1.807, 2.05) is 35.2 Å². The minimum absolute atomic E-state index is 0.0203. The van der Waals surface area contributed by atoms with E-state index in [4.69, 9.17) is 23.2 Å². The first-order valence-corrected chi connectivity index (χ1v) is 11.4. The first kappa shape index (κ1) is 22.4. The second-order valence-electron chi connectivity index (χ2n) is 7.86. The topological polar surface area (TPSA) is 49.4 Å². The molecule has 0 aliphatic carbocycles. The van der Waals surface area contributed by atoms with Gasteiger partial charge in [0.25, 0.3) is 0 Å². The molecule has 0 aromatic heterocycles. The number of rotatable bonds is 6. The maximum Gasteiger partial charge on any atom is 0.223 e. The van der Waals surface area contributed by atoms with E-state index in [0.29, 0.717) is 23.1 Å². The van der Waals surface area contributed by atoms with Crippen LogP contribution in [0.4, 0.5) is 0 Å². The highest BCUT2D eigenvalue weighted by molar-refractivity contribution is 6.35. The number of benzene rings is 3. The number of nitrogens with zero attached hydrogens (tertiary/aromatic N) is 1. The van der Waals surface area contributed by atoms with Crippen LogP contribution < -0.4 is 5.32 Å². The molecule has 1 atom stereocenters. The molecule has 0 saturated heterocycles. The van der Waals surface area contributed by atoms with Gasteiger partial charge < -0.3 is 10.2 Å². The highest BCUT2D eigenvalue weighted by Gasteiger charge is 2.31. The second-order valence-corrected chi connectivity index (χ2v) is 8.71. The van der Waals surface area contributed by atoms with Crippen LogP contribution in [0.25, 0.3) is 0 Å². The molecule has 1 heterocycles. The van der Waals surface area contributed by atoms with E-state index in [1.165, 1.54) is 5.56 Å². The molecule has 0 saturated carbocycles. The van der Waals surface area contributed by atoms with Gasteiger partial charge in [-0.2, -0.15) is 0 Å². The quantitative estimate of drug-likeness (QED) is 0.516. The van der Waals surface area contributed by atoms with Gasteiger partial charge in [0.2, 0.25) is 11.8 Å². The lowest BCUT2D eigenvalue weighted by Gasteiger charge is -2.38. The summed E-state index contributed by atoms with van der Waals surface area (Å²) >= 11 is 12.1. The van der Waals surface area contributed by atoms with Crippen molar-refractivity contribution in [2.75, 3.05) is 6.54 Å². The van der Waals surface area contributed by atoms with Crippen LogP contribution in [0.3, 0.4) is 0 Å². The Kier molecular flexibility index (Phi) is 7.13. The third kappa shape index (κ3) is 5.14. The summed E-state index contributed by atoms with van der Waals surface area (Å²) in [5, 5.41) is 3.89. The monoisotopic (exact) mass is 466 g/mol. The second kappa shape index (κ2) is 10.2. The minimum Gasteiger partial charge on any atom is -0.352 e. The van der Waals surface area contributed by atoms with E-state index < -0.39 is 0 Å². The molecule has 0 radical (unpaired) electrons. The number of halogens is 2. The first-order valence-electron chi connectivity index (χ1n) is 10.7. The van der Waals surface area contributed by atoms with E-state index >= 15 is 0 Å².